The lowest BCUT2D eigenvalue weighted by Crippen LogP contribution is -1.96. The van der Waals surface area contributed by atoms with Crippen LogP contribution in [0.1, 0.15) is 5.69 Å². The van der Waals surface area contributed by atoms with Crippen molar-refractivity contribution < 1.29 is 13.5 Å². The quantitative estimate of drug-likeness (QED) is 0.518. The van der Waals surface area contributed by atoms with E-state index < -0.39 is 0 Å². The van der Waals surface area contributed by atoms with Crippen LogP contribution in [-0.2, 0) is 6.61 Å². The molecular formula is C20H14FNO2. The van der Waals surface area contributed by atoms with E-state index in [0.29, 0.717) is 18.2 Å². The van der Waals surface area contributed by atoms with Crippen LogP contribution in [0.3, 0.4) is 0 Å². The van der Waals surface area contributed by atoms with Crippen molar-refractivity contribution in [2.24, 2.45) is 0 Å². The second-order valence-corrected chi connectivity index (χ2v) is 5.42. The summed E-state index contributed by atoms with van der Waals surface area (Å²) in [4.78, 5) is 4.39. The molecule has 0 saturated heterocycles. The lowest BCUT2D eigenvalue weighted by atomic mass is 10.1. The lowest BCUT2D eigenvalue weighted by molar-refractivity contribution is 0.304. The summed E-state index contributed by atoms with van der Waals surface area (Å²) in [7, 11) is 0. The summed E-state index contributed by atoms with van der Waals surface area (Å²) in [5.41, 5.74) is 1.41. The van der Waals surface area contributed by atoms with Crippen molar-refractivity contribution >= 4 is 10.8 Å². The van der Waals surface area contributed by atoms with E-state index >= 15 is 0 Å². The van der Waals surface area contributed by atoms with Gasteiger partial charge >= 0.3 is 0 Å². The fourth-order valence-corrected chi connectivity index (χ4v) is 2.57. The Morgan fingerprint density at radius 1 is 0.917 bits per heavy atom. The molecule has 0 atom stereocenters. The first-order valence-electron chi connectivity index (χ1n) is 7.60. The molecule has 0 spiro atoms. The van der Waals surface area contributed by atoms with Gasteiger partial charge in [-0.2, -0.15) is 0 Å². The molecule has 24 heavy (non-hydrogen) atoms. The Morgan fingerprint density at radius 3 is 2.58 bits per heavy atom. The maximum Gasteiger partial charge on any atom is 0.226 e. The first-order chi connectivity index (χ1) is 11.8. The van der Waals surface area contributed by atoms with Crippen LogP contribution in [0.25, 0.3) is 22.2 Å². The van der Waals surface area contributed by atoms with E-state index in [9.17, 15) is 4.39 Å². The number of hydrogen-bond donors (Lipinski definition) is 0. The van der Waals surface area contributed by atoms with Crippen LogP contribution < -0.4 is 4.74 Å². The van der Waals surface area contributed by atoms with Crippen LogP contribution in [-0.4, -0.2) is 4.98 Å². The number of benzene rings is 3. The molecule has 3 nitrogen and oxygen atoms in total. The fraction of sp³-hybridized carbons (Fsp3) is 0.0500. The predicted molar refractivity (Wildman–Crippen MR) is 90.2 cm³/mol. The van der Waals surface area contributed by atoms with E-state index in [0.717, 1.165) is 22.1 Å². The second-order valence-electron chi connectivity index (χ2n) is 5.42. The summed E-state index contributed by atoms with van der Waals surface area (Å²) >= 11 is 0. The Kier molecular flexibility index (Phi) is 3.71. The molecule has 4 aromatic rings. The normalized spacial score (nSPS) is 10.9. The molecule has 0 aliphatic carbocycles. The first-order valence-corrected chi connectivity index (χ1v) is 7.60. The monoisotopic (exact) mass is 319 g/mol. The number of halogens is 1. The van der Waals surface area contributed by atoms with Gasteiger partial charge in [0.25, 0.3) is 0 Å². The van der Waals surface area contributed by atoms with Crippen LogP contribution in [0.15, 0.2) is 77.4 Å². The molecule has 0 N–H and O–H groups in total. The minimum absolute atomic E-state index is 0.287. The van der Waals surface area contributed by atoms with Gasteiger partial charge in [0.05, 0.1) is 0 Å². The van der Waals surface area contributed by atoms with E-state index in [2.05, 4.69) is 4.98 Å². The average Bonchev–Trinajstić information content (AvgIpc) is 3.09. The van der Waals surface area contributed by atoms with Crippen LogP contribution in [0.4, 0.5) is 4.39 Å². The standard InChI is InChI=1S/C20H14FNO2/c21-16-10-8-15(9-11-16)20-22-17(13-24-20)12-23-19-7-3-5-14-4-1-2-6-18(14)19/h1-11,13H,12H2. The molecule has 0 amide bonds. The van der Waals surface area contributed by atoms with E-state index in [4.69, 9.17) is 9.15 Å². The number of hydrogen-bond acceptors (Lipinski definition) is 3. The third-order valence-electron chi connectivity index (χ3n) is 3.77. The van der Waals surface area contributed by atoms with Gasteiger partial charge in [-0.05, 0) is 35.7 Å². The van der Waals surface area contributed by atoms with Crippen LogP contribution >= 0.6 is 0 Å². The summed E-state index contributed by atoms with van der Waals surface area (Å²) in [5, 5.41) is 2.18. The number of nitrogens with zero attached hydrogens (tertiary/aromatic N) is 1. The van der Waals surface area contributed by atoms with E-state index in [1.54, 1.807) is 18.4 Å². The molecule has 0 saturated carbocycles. The highest BCUT2D eigenvalue weighted by molar-refractivity contribution is 5.88. The zero-order chi connectivity index (χ0) is 16.4. The van der Waals surface area contributed by atoms with Crippen molar-refractivity contribution in [3.63, 3.8) is 0 Å². The van der Waals surface area contributed by atoms with Gasteiger partial charge in [-0.1, -0.05) is 36.4 Å². The first kappa shape index (κ1) is 14.5. The van der Waals surface area contributed by atoms with Gasteiger partial charge in [0.15, 0.2) is 0 Å². The van der Waals surface area contributed by atoms with Gasteiger partial charge in [0.2, 0.25) is 5.89 Å². The molecule has 4 heteroatoms. The number of aromatic nitrogens is 1. The zero-order valence-corrected chi connectivity index (χ0v) is 12.8. The molecular weight excluding hydrogens is 305 g/mol. The van der Waals surface area contributed by atoms with Crippen molar-refractivity contribution in [1.82, 2.24) is 4.98 Å². The molecule has 0 radical (unpaired) electrons. The Morgan fingerprint density at radius 2 is 1.71 bits per heavy atom. The van der Waals surface area contributed by atoms with Gasteiger partial charge in [0, 0.05) is 10.9 Å². The minimum Gasteiger partial charge on any atom is -0.487 e. The summed E-state index contributed by atoms with van der Waals surface area (Å²) in [6, 6.07) is 20.0. The molecule has 1 heterocycles. The third kappa shape index (κ3) is 2.86. The topological polar surface area (TPSA) is 35.3 Å². The number of oxazole rings is 1. The maximum atomic E-state index is 13.0. The largest absolute Gasteiger partial charge is 0.487 e. The highest BCUT2D eigenvalue weighted by Crippen LogP contribution is 2.26. The molecule has 0 unspecified atom stereocenters. The van der Waals surface area contributed by atoms with Gasteiger partial charge in [-0.15, -0.1) is 0 Å². The number of ether oxygens (including phenoxy) is 1. The van der Waals surface area contributed by atoms with Gasteiger partial charge in [-0.3, -0.25) is 0 Å². The molecule has 0 fully saturated rings. The number of fused-ring (bicyclic) bond motifs is 1. The van der Waals surface area contributed by atoms with Crippen molar-refractivity contribution in [1.29, 1.82) is 0 Å². The van der Waals surface area contributed by atoms with Crippen molar-refractivity contribution in [2.45, 2.75) is 6.61 Å². The highest BCUT2D eigenvalue weighted by Gasteiger charge is 2.08. The maximum absolute atomic E-state index is 13.0. The van der Waals surface area contributed by atoms with Crippen LogP contribution in [0.5, 0.6) is 5.75 Å². The van der Waals surface area contributed by atoms with E-state index in [1.165, 1.54) is 12.1 Å². The van der Waals surface area contributed by atoms with Crippen molar-refractivity contribution in [2.75, 3.05) is 0 Å². The van der Waals surface area contributed by atoms with Crippen LogP contribution in [0.2, 0.25) is 0 Å². The predicted octanol–water partition coefficient (Wildman–Crippen LogP) is 5.21. The van der Waals surface area contributed by atoms with E-state index in [-0.39, 0.29) is 5.82 Å². The lowest BCUT2D eigenvalue weighted by Gasteiger charge is -2.07. The Hall–Kier alpha value is -3.14. The van der Waals surface area contributed by atoms with Gasteiger partial charge < -0.3 is 9.15 Å². The smallest absolute Gasteiger partial charge is 0.226 e. The summed E-state index contributed by atoms with van der Waals surface area (Å²) < 4.78 is 24.3. The summed E-state index contributed by atoms with van der Waals surface area (Å²) in [6.07, 6.45) is 1.56. The summed E-state index contributed by atoms with van der Waals surface area (Å²) in [6.45, 7) is 0.304. The Bertz CT molecular complexity index is 971. The number of rotatable bonds is 4. The SMILES string of the molecule is Fc1ccc(-c2nc(COc3cccc4ccccc34)co2)cc1. The van der Waals surface area contributed by atoms with Crippen LogP contribution in [0, 0.1) is 5.82 Å². The zero-order valence-electron chi connectivity index (χ0n) is 12.8. The van der Waals surface area contributed by atoms with Crippen molar-refractivity contribution in [3.8, 4) is 17.2 Å². The molecule has 0 bridgehead atoms. The fourth-order valence-electron chi connectivity index (χ4n) is 2.57. The molecule has 118 valence electrons. The Balaban J connectivity index is 1.53. The molecule has 4 rings (SSSR count). The summed E-state index contributed by atoms with van der Waals surface area (Å²) in [5.74, 6) is 0.968. The molecule has 3 aromatic carbocycles. The molecule has 0 aliphatic rings. The third-order valence-corrected chi connectivity index (χ3v) is 3.77. The minimum atomic E-state index is -0.287. The molecule has 0 aliphatic heterocycles. The Labute approximate surface area is 138 Å². The van der Waals surface area contributed by atoms with Gasteiger partial charge in [0.1, 0.15) is 30.1 Å². The molecule has 1 aromatic heterocycles. The highest BCUT2D eigenvalue weighted by atomic mass is 19.1. The van der Waals surface area contributed by atoms with Gasteiger partial charge in [-0.25, -0.2) is 9.37 Å². The van der Waals surface area contributed by atoms with E-state index in [1.807, 2.05) is 42.5 Å². The second kappa shape index (κ2) is 6.16. The van der Waals surface area contributed by atoms with Crippen molar-refractivity contribution in [3.05, 3.63) is 84.5 Å². The average molecular weight is 319 g/mol.